The minimum atomic E-state index is -0.515. The van der Waals surface area contributed by atoms with Crippen LogP contribution in [0, 0.1) is 12.3 Å². The highest BCUT2D eigenvalue weighted by molar-refractivity contribution is 6.04. The van der Waals surface area contributed by atoms with Gasteiger partial charge in [0.1, 0.15) is 5.82 Å². The number of aromatic nitrogens is 1. The van der Waals surface area contributed by atoms with Crippen molar-refractivity contribution >= 4 is 23.4 Å². The van der Waals surface area contributed by atoms with Gasteiger partial charge in [-0.05, 0) is 51.5 Å². The molecular weight excluding hydrogens is 342 g/mol. The van der Waals surface area contributed by atoms with Crippen LogP contribution in [0.1, 0.15) is 36.2 Å². The van der Waals surface area contributed by atoms with Crippen molar-refractivity contribution in [3.8, 4) is 0 Å². The van der Waals surface area contributed by atoms with Crippen LogP contribution in [-0.2, 0) is 9.53 Å². The van der Waals surface area contributed by atoms with Crippen LogP contribution in [0.25, 0.3) is 0 Å². The van der Waals surface area contributed by atoms with E-state index < -0.39 is 5.41 Å². The summed E-state index contributed by atoms with van der Waals surface area (Å²) in [5, 5.41) is 2.86. The number of benzene rings is 1. The summed E-state index contributed by atoms with van der Waals surface area (Å²) in [6.45, 7) is 7.42. The summed E-state index contributed by atoms with van der Waals surface area (Å²) in [5.41, 5.74) is 1.87. The lowest BCUT2D eigenvalue weighted by molar-refractivity contribution is -0.153. The number of carbonyl (C=O) groups is 2. The fourth-order valence-corrected chi connectivity index (χ4v) is 3.18. The zero-order valence-corrected chi connectivity index (χ0v) is 16.0. The molecule has 2 heterocycles. The Hall–Kier alpha value is -2.89. The first-order valence-corrected chi connectivity index (χ1v) is 9.17. The molecule has 1 atom stereocenters. The Morgan fingerprint density at radius 3 is 2.59 bits per heavy atom. The van der Waals surface area contributed by atoms with E-state index in [-0.39, 0.29) is 11.9 Å². The zero-order chi connectivity index (χ0) is 19.4. The molecule has 1 fully saturated rings. The van der Waals surface area contributed by atoms with E-state index in [1.807, 2.05) is 51.1 Å². The van der Waals surface area contributed by atoms with Gasteiger partial charge in [-0.3, -0.25) is 9.59 Å². The van der Waals surface area contributed by atoms with Gasteiger partial charge in [0.25, 0.3) is 5.91 Å². The maximum absolute atomic E-state index is 12.4. The molecule has 0 bridgehead atoms. The number of carbonyl (C=O) groups excluding carboxylic acids is 2. The van der Waals surface area contributed by atoms with Gasteiger partial charge in [0.05, 0.1) is 17.6 Å². The van der Waals surface area contributed by atoms with Crippen molar-refractivity contribution in [1.82, 2.24) is 4.98 Å². The number of amides is 1. The van der Waals surface area contributed by atoms with Crippen LogP contribution in [0.2, 0.25) is 0 Å². The van der Waals surface area contributed by atoms with Crippen LogP contribution in [0.4, 0.5) is 11.5 Å². The maximum Gasteiger partial charge on any atom is 0.313 e. The monoisotopic (exact) mass is 367 g/mol. The van der Waals surface area contributed by atoms with Crippen molar-refractivity contribution in [3.63, 3.8) is 0 Å². The highest BCUT2D eigenvalue weighted by Gasteiger charge is 2.42. The number of aryl methyl sites for hydroxylation is 1. The first kappa shape index (κ1) is 18.9. The lowest BCUT2D eigenvalue weighted by Gasteiger charge is -2.23. The predicted molar refractivity (Wildman–Crippen MR) is 105 cm³/mol. The van der Waals surface area contributed by atoms with E-state index in [1.54, 1.807) is 12.3 Å². The molecule has 6 nitrogen and oxygen atoms in total. The van der Waals surface area contributed by atoms with Crippen molar-refractivity contribution in [2.24, 2.45) is 5.41 Å². The van der Waals surface area contributed by atoms with Crippen LogP contribution in [0.3, 0.4) is 0 Å². The number of nitrogens with one attached hydrogen (secondary N) is 1. The topological polar surface area (TPSA) is 71.5 Å². The second-order valence-electron chi connectivity index (χ2n) is 7.18. The largest absolute Gasteiger partial charge is 0.466 e. The molecule has 1 unspecified atom stereocenters. The molecule has 0 aliphatic carbocycles. The molecule has 1 saturated heterocycles. The Bertz CT molecular complexity index is 818. The lowest BCUT2D eigenvalue weighted by Crippen LogP contribution is -2.33. The van der Waals surface area contributed by atoms with Crippen LogP contribution < -0.4 is 10.2 Å². The van der Waals surface area contributed by atoms with Crippen molar-refractivity contribution in [3.05, 3.63) is 53.7 Å². The summed E-state index contributed by atoms with van der Waals surface area (Å²) >= 11 is 0. The van der Waals surface area contributed by atoms with Gasteiger partial charge in [-0.15, -0.1) is 0 Å². The molecule has 0 radical (unpaired) electrons. The van der Waals surface area contributed by atoms with E-state index in [0.717, 1.165) is 30.0 Å². The number of pyridine rings is 1. The average molecular weight is 367 g/mol. The zero-order valence-electron chi connectivity index (χ0n) is 16.0. The number of anilines is 2. The molecule has 6 heteroatoms. The molecule has 1 aromatic carbocycles. The van der Waals surface area contributed by atoms with Crippen molar-refractivity contribution in [2.45, 2.75) is 27.2 Å². The Kier molecular flexibility index (Phi) is 5.44. The molecule has 2 aromatic rings. The summed E-state index contributed by atoms with van der Waals surface area (Å²) in [6.07, 6.45) is 2.29. The molecule has 3 rings (SSSR count). The molecule has 1 aliphatic rings. The highest BCUT2D eigenvalue weighted by Crippen LogP contribution is 2.33. The number of ether oxygens (including phenoxy) is 1. The molecule has 1 aliphatic heterocycles. The molecule has 0 saturated carbocycles. The molecule has 1 amide bonds. The number of hydrogen-bond donors (Lipinski definition) is 1. The molecule has 142 valence electrons. The third-order valence-corrected chi connectivity index (χ3v) is 4.89. The minimum absolute atomic E-state index is 0.165. The Morgan fingerprint density at radius 1 is 1.22 bits per heavy atom. The number of nitrogens with zero attached hydrogens (tertiary/aromatic N) is 2. The van der Waals surface area contributed by atoms with E-state index in [1.165, 1.54) is 0 Å². The van der Waals surface area contributed by atoms with Gasteiger partial charge in [-0.25, -0.2) is 4.98 Å². The fraction of sp³-hybridized carbons (Fsp3) is 0.381. The second-order valence-corrected chi connectivity index (χ2v) is 7.18. The molecule has 1 aromatic heterocycles. The summed E-state index contributed by atoms with van der Waals surface area (Å²) in [5.74, 6) is 0.396. The van der Waals surface area contributed by atoms with Crippen molar-refractivity contribution in [2.75, 3.05) is 29.9 Å². The standard InChI is InChI=1S/C21H25N3O3/c1-4-27-20(26)21(3)11-12-24(14-21)18-10-7-16(13-22-18)19(25)23-17-8-5-15(2)6-9-17/h5-10,13H,4,11-12,14H2,1-3H3,(H,23,25). The van der Waals surface area contributed by atoms with Crippen LogP contribution in [-0.4, -0.2) is 36.6 Å². The predicted octanol–water partition coefficient (Wildman–Crippen LogP) is 3.42. The first-order valence-electron chi connectivity index (χ1n) is 9.17. The number of hydrogen-bond acceptors (Lipinski definition) is 5. The van der Waals surface area contributed by atoms with Crippen molar-refractivity contribution in [1.29, 1.82) is 0 Å². The number of esters is 1. The summed E-state index contributed by atoms with van der Waals surface area (Å²) in [7, 11) is 0. The maximum atomic E-state index is 12.4. The van der Waals surface area contributed by atoms with E-state index in [0.29, 0.717) is 18.7 Å². The van der Waals surface area contributed by atoms with Gasteiger partial charge in [-0.2, -0.15) is 0 Å². The Balaban J connectivity index is 1.64. The number of rotatable bonds is 5. The quantitative estimate of drug-likeness (QED) is 0.820. The molecular formula is C21H25N3O3. The lowest BCUT2D eigenvalue weighted by atomic mass is 9.90. The van der Waals surface area contributed by atoms with E-state index in [2.05, 4.69) is 15.2 Å². The van der Waals surface area contributed by atoms with E-state index in [9.17, 15) is 9.59 Å². The van der Waals surface area contributed by atoms with Gasteiger partial charge in [0, 0.05) is 25.0 Å². The minimum Gasteiger partial charge on any atom is -0.466 e. The van der Waals surface area contributed by atoms with E-state index >= 15 is 0 Å². The SMILES string of the molecule is CCOC(=O)C1(C)CCN(c2ccc(C(=O)Nc3ccc(C)cc3)cn2)C1. The smallest absolute Gasteiger partial charge is 0.313 e. The normalized spacial score (nSPS) is 19.0. The Morgan fingerprint density at radius 2 is 1.96 bits per heavy atom. The highest BCUT2D eigenvalue weighted by atomic mass is 16.5. The van der Waals surface area contributed by atoms with Gasteiger partial charge < -0.3 is 15.0 Å². The van der Waals surface area contributed by atoms with Crippen LogP contribution in [0.5, 0.6) is 0 Å². The van der Waals surface area contributed by atoms with Gasteiger partial charge >= 0.3 is 5.97 Å². The summed E-state index contributed by atoms with van der Waals surface area (Å²) < 4.78 is 5.19. The third-order valence-electron chi connectivity index (χ3n) is 4.89. The second kappa shape index (κ2) is 7.78. The van der Waals surface area contributed by atoms with E-state index in [4.69, 9.17) is 4.74 Å². The van der Waals surface area contributed by atoms with Crippen LogP contribution in [0.15, 0.2) is 42.6 Å². The van der Waals surface area contributed by atoms with Gasteiger partial charge in [-0.1, -0.05) is 17.7 Å². The van der Waals surface area contributed by atoms with Gasteiger partial charge in [0.2, 0.25) is 0 Å². The molecule has 0 spiro atoms. The molecule has 27 heavy (non-hydrogen) atoms. The van der Waals surface area contributed by atoms with Gasteiger partial charge in [0.15, 0.2) is 0 Å². The first-order chi connectivity index (χ1) is 12.9. The summed E-state index contributed by atoms with van der Waals surface area (Å²) in [6, 6.07) is 11.2. The third kappa shape index (κ3) is 4.27. The summed E-state index contributed by atoms with van der Waals surface area (Å²) in [4.78, 5) is 31.0. The fourth-order valence-electron chi connectivity index (χ4n) is 3.18. The van der Waals surface area contributed by atoms with Crippen molar-refractivity contribution < 1.29 is 14.3 Å². The Labute approximate surface area is 159 Å². The van der Waals surface area contributed by atoms with Crippen LogP contribution >= 0.6 is 0 Å². The average Bonchev–Trinajstić information content (AvgIpc) is 3.07. The molecule has 1 N–H and O–H groups in total.